The van der Waals surface area contributed by atoms with Crippen molar-refractivity contribution in [3.05, 3.63) is 59.9 Å². The van der Waals surface area contributed by atoms with Gasteiger partial charge in [-0.1, -0.05) is 43.7 Å². The Balaban J connectivity index is 2.41. The lowest BCUT2D eigenvalue weighted by Gasteiger charge is -2.24. The minimum Gasteiger partial charge on any atom is -0.354 e. The highest BCUT2D eigenvalue weighted by atomic mass is 32.2. The maximum absolute atomic E-state index is 14.3. The number of hydrogen-bond donors (Lipinski definition) is 1. The predicted molar refractivity (Wildman–Crippen MR) is 100.0 cm³/mol. The smallest absolute Gasteiger partial charge is 0.264 e. The van der Waals surface area contributed by atoms with E-state index in [9.17, 15) is 17.6 Å². The molecule has 0 aromatic heterocycles. The lowest BCUT2D eigenvalue weighted by molar-refractivity contribution is -0.119. The Labute approximate surface area is 153 Å². The first-order chi connectivity index (χ1) is 12.2. The molecule has 0 aliphatic rings. The van der Waals surface area contributed by atoms with Crippen LogP contribution in [0.3, 0.4) is 0 Å². The van der Waals surface area contributed by atoms with Crippen LogP contribution in [0.25, 0.3) is 0 Å². The molecule has 0 fully saturated rings. The maximum Gasteiger partial charge on any atom is 0.264 e. The van der Waals surface area contributed by atoms with Gasteiger partial charge in [0, 0.05) is 6.54 Å². The first-order valence-electron chi connectivity index (χ1n) is 8.32. The fourth-order valence-corrected chi connectivity index (χ4v) is 3.72. The molecule has 1 N–H and O–H groups in total. The highest BCUT2D eigenvalue weighted by Gasteiger charge is 2.29. The number of hydrogen-bond acceptors (Lipinski definition) is 3. The molecule has 0 saturated heterocycles. The van der Waals surface area contributed by atoms with E-state index in [0.29, 0.717) is 6.54 Å². The molecular formula is C19H23FN2O3S. The number of rotatable bonds is 7. The van der Waals surface area contributed by atoms with Crippen molar-refractivity contribution in [2.45, 2.75) is 25.7 Å². The van der Waals surface area contributed by atoms with Crippen LogP contribution in [0.15, 0.2) is 53.4 Å². The molecule has 140 valence electrons. The summed E-state index contributed by atoms with van der Waals surface area (Å²) in [6, 6.07) is 11.7. The van der Waals surface area contributed by atoms with E-state index in [4.69, 9.17) is 0 Å². The van der Waals surface area contributed by atoms with Crippen LogP contribution >= 0.6 is 0 Å². The van der Waals surface area contributed by atoms with Gasteiger partial charge in [-0.2, -0.15) is 0 Å². The van der Waals surface area contributed by atoms with Gasteiger partial charge in [0.15, 0.2) is 0 Å². The maximum atomic E-state index is 14.3. The zero-order valence-electron chi connectivity index (χ0n) is 15.1. The van der Waals surface area contributed by atoms with Gasteiger partial charge in [0.2, 0.25) is 5.91 Å². The fourth-order valence-electron chi connectivity index (χ4n) is 2.30. The van der Waals surface area contributed by atoms with Gasteiger partial charge < -0.3 is 5.32 Å². The Hall–Kier alpha value is -2.41. The number of sulfonamides is 1. The van der Waals surface area contributed by atoms with Gasteiger partial charge >= 0.3 is 0 Å². The second-order valence-electron chi connectivity index (χ2n) is 6.47. The number of aryl methyl sites for hydroxylation is 1. The van der Waals surface area contributed by atoms with Crippen LogP contribution in [0.1, 0.15) is 19.4 Å². The molecule has 7 heteroatoms. The van der Waals surface area contributed by atoms with Gasteiger partial charge in [-0.05, 0) is 37.1 Å². The van der Waals surface area contributed by atoms with Gasteiger partial charge in [-0.3, -0.25) is 9.10 Å². The summed E-state index contributed by atoms with van der Waals surface area (Å²) >= 11 is 0. The summed E-state index contributed by atoms with van der Waals surface area (Å²) in [4.78, 5) is 12.2. The number of benzene rings is 2. The Bertz CT molecular complexity index is 865. The van der Waals surface area contributed by atoms with Gasteiger partial charge in [0.25, 0.3) is 10.0 Å². The van der Waals surface area contributed by atoms with E-state index in [1.165, 1.54) is 36.4 Å². The van der Waals surface area contributed by atoms with E-state index in [-0.39, 0.29) is 16.5 Å². The molecule has 26 heavy (non-hydrogen) atoms. The molecule has 0 aliphatic heterocycles. The highest BCUT2D eigenvalue weighted by Crippen LogP contribution is 2.26. The second-order valence-corrected chi connectivity index (χ2v) is 8.34. The Morgan fingerprint density at radius 3 is 2.31 bits per heavy atom. The molecule has 0 saturated carbocycles. The number of carbonyl (C=O) groups is 1. The van der Waals surface area contributed by atoms with Crippen molar-refractivity contribution < 1.29 is 17.6 Å². The summed E-state index contributed by atoms with van der Waals surface area (Å²) < 4.78 is 41.2. The molecule has 2 rings (SSSR count). The number of nitrogens with one attached hydrogen (secondary N) is 1. The van der Waals surface area contributed by atoms with Crippen LogP contribution in [0.4, 0.5) is 10.1 Å². The quantitative estimate of drug-likeness (QED) is 0.805. The summed E-state index contributed by atoms with van der Waals surface area (Å²) in [5.74, 6) is -0.980. The summed E-state index contributed by atoms with van der Waals surface area (Å²) in [6.07, 6.45) is 0. The summed E-state index contributed by atoms with van der Waals surface area (Å²) in [6.45, 7) is 5.61. The van der Waals surface area contributed by atoms with Crippen LogP contribution in [0.5, 0.6) is 0 Å². The average Bonchev–Trinajstić information content (AvgIpc) is 2.59. The van der Waals surface area contributed by atoms with Crippen LogP contribution < -0.4 is 9.62 Å². The SMILES string of the molecule is Cc1ccc(S(=O)(=O)N(CC(=O)NCC(C)C)c2ccccc2F)cc1. The monoisotopic (exact) mass is 378 g/mol. The molecule has 0 unspecified atom stereocenters. The summed E-state index contributed by atoms with van der Waals surface area (Å²) in [5.41, 5.74) is 0.740. The molecule has 5 nitrogen and oxygen atoms in total. The van der Waals surface area contributed by atoms with Crippen molar-refractivity contribution in [3.8, 4) is 0 Å². The largest absolute Gasteiger partial charge is 0.354 e. The third-order valence-corrected chi connectivity index (χ3v) is 5.50. The zero-order valence-corrected chi connectivity index (χ0v) is 15.9. The van der Waals surface area contributed by atoms with E-state index in [2.05, 4.69) is 5.32 Å². The van der Waals surface area contributed by atoms with Crippen molar-refractivity contribution >= 4 is 21.6 Å². The van der Waals surface area contributed by atoms with E-state index in [1.807, 2.05) is 20.8 Å². The standard InChI is InChI=1S/C19H23FN2O3S/c1-14(2)12-21-19(23)13-22(18-7-5-4-6-17(18)20)26(24,25)16-10-8-15(3)9-11-16/h4-11,14H,12-13H2,1-3H3,(H,21,23). The summed E-state index contributed by atoms with van der Waals surface area (Å²) in [7, 11) is -4.09. The van der Waals surface area contributed by atoms with E-state index >= 15 is 0 Å². The van der Waals surface area contributed by atoms with Crippen molar-refractivity contribution in [2.75, 3.05) is 17.4 Å². The van der Waals surface area contributed by atoms with Crippen molar-refractivity contribution in [3.63, 3.8) is 0 Å². The normalized spacial score (nSPS) is 11.4. The first kappa shape index (κ1) is 19.9. The molecule has 0 spiro atoms. The molecule has 0 heterocycles. The average molecular weight is 378 g/mol. The van der Waals surface area contributed by atoms with Crippen LogP contribution in [0, 0.1) is 18.7 Å². The molecule has 2 aromatic carbocycles. The molecule has 0 atom stereocenters. The van der Waals surface area contributed by atoms with Gasteiger partial charge in [0.05, 0.1) is 10.6 Å². The number of halogens is 1. The third-order valence-electron chi connectivity index (χ3n) is 3.72. The molecule has 2 aromatic rings. The zero-order chi connectivity index (χ0) is 19.3. The Kier molecular flexibility index (Phi) is 6.37. The van der Waals surface area contributed by atoms with Crippen LogP contribution in [-0.4, -0.2) is 27.4 Å². The number of amides is 1. The number of anilines is 1. The minimum atomic E-state index is -4.09. The van der Waals surface area contributed by atoms with E-state index < -0.39 is 28.3 Å². The lowest BCUT2D eigenvalue weighted by atomic mass is 10.2. The topological polar surface area (TPSA) is 66.5 Å². The van der Waals surface area contributed by atoms with Gasteiger partial charge in [-0.25, -0.2) is 12.8 Å². The molecule has 0 radical (unpaired) electrons. The van der Waals surface area contributed by atoms with Crippen molar-refractivity contribution in [2.24, 2.45) is 5.92 Å². The lowest BCUT2D eigenvalue weighted by Crippen LogP contribution is -2.42. The molecular weight excluding hydrogens is 355 g/mol. The number of nitrogens with zero attached hydrogens (tertiary/aromatic N) is 1. The van der Waals surface area contributed by atoms with Gasteiger partial charge in [0.1, 0.15) is 12.4 Å². The molecule has 0 aliphatic carbocycles. The fraction of sp³-hybridized carbons (Fsp3) is 0.316. The highest BCUT2D eigenvalue weighted by molar-refractivity contribution is 7.92. The first-order valence-corrected chi connectivity index (χ1v) is 9.76. The molecule has 1 amide bonds. The predicted octanol–water partition coefficient (Wildman–Crippen LogP) is 3.10. The van der Waals surface area contributed by atoms with Crippen LogP contribution in [0.2, 0.25) is 0 Å². The van der Waals surface area contributed by atoms with Gasteiger partial charge in [-0.15, -0.1) is 0 Å². The van der Waals surface area contributed by atoms with Crippen molar-refractivity contribution in [1.29, 1.82) is 0 Å². The second kappa shape index (κ2) is 8.31. The van der Waals surface area contributed by atoms with Crippen molar-refractivity contribution in [1.82, 2.24) is 5.32 Å². The number of para-hydroxylation sites is 1. The van der Waals surface area contributed by atoms with Crippen LogP contribution in [-0.2, 0) is 14.8 Å². The Morgan fingerprint density at radius 2 is 1.73 bits per heavy atom. The third kappa shape index (κ3) is 4.82. The Morgan fingerprint density at radius 1 is 1.12 bits per heavy atom. The molecule has 0 bridgehead atoms. The van der Waals surface area contributed by atoms with E-state index in [1.54, 1.807) is 12.1 Å². The minimum absolute atomic E-state index is 0.00279. The van der Waals surface area contributed by atoms with E-state index in [0.717, 1.165) is 9.87 Å². The number of carbonyl (C=O) groups excluding carboxylic acids is 1. The summed E-state index contributed by atoms with van der Waals surface area (Å²) in [5, 5.41) is 2.67.